The van der Waals surface area contributed by atoms with Crippen molar-refractivity contribution in [1.29, 1.82) is 0 Å². The molecule has 0 saturated carbocycles. The van der Waals surface area contributed by atoms with Crippen LogP contribution in [0.4, 0.5) is 0 Å². The third-order valence-corrected chi connectivity index (χ3v) is 3.82. The van der Waals surface area contributed by atoms with Gasteiger partial charge in [0.15, 0.2) is 0 Å². The molecule has 1 aliphatic heterocycles. The summed E-state index contributed by atoms with van der Waals surface area (Å²) < 4.78 is 5.80. The number of hydrogen-bond donors (Lipinski definition) is 2. The lowest BCUT2D eigenvalue weighted by Gasteiger charge is -2.19. The van der Waals surface area contributed by atoms with Crippen molar-refractivity contribution in [3.63, 3.8) is 0 Å². The fourth-order valence-corrected chi connectivity index (χ4v) is 2.77. The molecule has 16 heavy (non-hydrogen) atoms. The predicted octanol–water partition coefficient (Wildman–Crippen LogP) is 1.77. The lowest BCUT2D eigenvalue weighted by atomic mass is 9.97. The molecule has 4 nitrogen and oxygen atoms in total. The summed E-state index contributed by atoms with van der Waals surface area (Å²) >= 11 is 0. The zero-order chi connectivity index (χ0) is 11.2. The molecule has 0 spiro atoms. The van der Waals surface area contributed by atoms with Gasteiger partial charge in [-0.05, 0) is 39.0 Å². The standard InChI is InChI=1S/C12H19N3O/c1-12(6-3-7-16-12)11-14-9-5-2-4-8(13)10(9)15-11/h8H,2-7,13H2,1H3,(H,14,15). The van der Waals surface area contributed by atoms with Crippen LogP contribution in [0.15, 0.2) is 0 Å². The number of nitrogens with two attached hydrogens (primary N) is 1. The topological polar surface area (TPSA) is 63.9 Å². The second kappa shape index (κ2) is 3.57. The van der Waals surface area contributed by atoms with Gasteiger partial charge in [0.05, 0.1) is 5.69 Å². The second-order valence-electron chi connectivity index (χ2n) is 5.13. The van der Waals surface area contributed by atoms with Crippen molar-refractivity contribution in [3.05, 3.63) is 17.2 Å². The van der Waals surface area contributed by atoms with E-state index >= 15 is 0 Å². The highest BCUT2D eigenvalue weighted by atomic mass is 16.5. The molecule has 0 aromatic carbocycles. The molecule has 88 valence electrons. The minimum absolute atomic E-state index is 0.110. The molecule has 0 amide bonds. The second-order valence-corrected chi connectivity index (χ2v) is 5.13. The molecule has 1 aromatic rings. The Balaban J connectivity index is 1.97. The third kappa shape index (κ3) is 1.48. The highest BCUT2D eigenvalue weighted by Crippen LogP contribution is 2.36. The summed E-state index contributed by atoms with van der Waals surface area (Å²) in [5.41, 5.74) is 8.16. The lowest BCUT2D eigenvalue weighted by molar-refractivity contribution is 0.00987. The van der Waals surface area contributed by atoms with Crippen molar-refractivity contribution >= 4 is 0 Å². The van der Waals surface area contributed by atoms with Crippen LogP contribution in [-0.4, -0.2) is 16.6 Å². The van der Waals surface area contributed by atoms with Gasteiger partial charge in [0.2, 0.25) is 0 Å². The van der Waals surface area contributed by atoms with Crippen LogP contribution < -0.4 is 5.73 Å². The molecule has 1 saturated heterocycles. The number of ether oxygens (including phenoxy) is 1. The lowest BCUT2D eigenvalue weighted by Crippen LogP contribution is -2.22. The van der Waals surface area contributed by atoms with E-state index in [-0.39, 0.29) is 11.6 Å². The Labute approximate surface area is 95.6 Å². The maximum atomic E-state index is 6.08. The van der Waals surface area contributed by atoms with Gasteiger partial charge in [0.1, 0.15) is 11.4 Å². The van der Waals surface area contributed by atoms with Crippen LogP contribution in [0.1, 0.15) is 55.9 Å². The normalized spacial score (nSPS) is 34.0. The first kappa shape index (κ1) is 10.3. The summed E-state index contributed by atoms with van der Waals surface area (Å²) in [6, 6.07) is 0.110. The van der Waals surface area contributed by atoms with Crippen LogP contribution in [0, 0.1) is 0 Å². The number of imidazole rings is 1. The molecule has 2 atom stereocenters. The zero-order valence-corrected chi connectivity index (χ0v) is 9.75. The van der Waals surface area contributed by atoms with E-state index in [1.165, 1.54) is 5.69 Å². The highest BCUT2D eigenvalue weighted by Gasteiger charge is 2.36. The number of aryl methyl sites for hydroxylation is 1. The van der Waals surface area contributed by atoms with Gasteiger partial charge in [-0.15, -0.1) is 0 Å². The summed E-state index contributed by atoms with van der Waals surface area (Å²) in [4.78, 5) is 8.11. The molecule has 2 aliphatic rings. The predicted molar refractivity (Wildman–Crippen MR) is 61.0 cm³/mol. The summed E-state index contributed by atoms with van der Waals surface area (Å²) in [7, 11) is 0. The van der Waals surface area contributed by atoms with E-state index in [4.69, 9.17) is 10.5 Å². The van der Waals surface area contributed by atoms with Crippen LogP contribution in [0.3, 0.4) is 0 Å². The quantitative estimate of drug-likeness (QED) is 0.759. The molecule has 3 rings (SSSR count). The molecule has 4 heteroatoms. The molecule has 0 bridgehead atoms. The Bertz CT molecular complexity index is 393. The van der Waals surface area contributed by atoms with E-state index in [1.54, 1.807) is 0 Å². The first-order valence-electron chi connectivity index (χ1n) is 6.18. The van der Waals surface area contributed by atoms with Crippen LogP contribution >= 0.6 is 0 Å². The fourth-order valence-electron chi connectivity index (χ4n) is 2.77. The minimum Gasteiger partial charge on any atom is -0.367 e. The van der Waals surface area contributed by atoms with Crippen LogP contribution in [0.25, 0.3) is 0 Å². The number of nitrogens with zero attached hydrogens (tertiary/aromatic N) is 1. The number of H-pyrrole nitrogens is 1. The smallest absolute Gasteiger partial charge is 0.138 e. The van der Waals surface area contributed by atoms with Gasteiger partial charge in [-0.2, -0.15) is 0 Å². The minimum atomic E-state index is -0.211. The Morgan fingerprint density at radius 2 is 2.38 bits per heavy atom. The van der Waals surface area contributed by atoms with E-state index in [1.807, 2.05) is 0 Å². The van der Waals surface area contributed by atoms with Crippen molar-refractivity contribution in [3.8, 4) is 0 Å². The van der Waals surface area contributed by atoms with Gasteiger partial charge in [0.25, 0.3) is 0 Å². The van der Waals surface area contributed by atoms with Gasteiger partial charge in [0, 0.05) is 18.3 Å². The van der Waals surface area contributed by atoms with E-state index in [0.717, 1.165) is 50.2 Å². The molecular formula is C12H19N3O. The molecule has 1 fully saturated rings. The number of hydrogen-bond acceptors (Lipinski definition) is 3. The van der Waals surface area contributed by atoms with Gasteiger partial charge >= 0.3 is 0 Å². The molecule has 2 heterocycles. The third-order valence-electron chi connectivity index (χ3n) is 3.82. The molecule has 3 N–H and O–H groups in total. The fraction of sp³-hybridized carbons (Fsp3) is 0.750. The van der Waals surface area contributed by atoms with Crippen LogP contribution in [0.5, 0.6) is 0 Å². The van der Waals surface area contributed by atoms with Gasteiger partial charge in [-0.3, -0.25) is 0 Å². The van der Waals surface area contributed by atoms with Crippen molar-refractivity contribution in [2.45, 2.75) is 50.7 Å². The summed E-state index contributed by atoms with van der Waals surface area (Å²) in [5, 5.41) is 0. The number of fused-ring (bicyclic) bond motifs is 1. The SMILES string of the molecule is CC1(c2nc3c([nH]2)CCCC3N)CCCO1. The molecule has 2 unspecified atom stereocenters. The summed E-state index contributed by atoms with van der Waals surface area (Å²) in [5.74, 6) is 0.979. The Kier molecular flexibility index (Phi) is 2.30. The van der Waals surface area contributed by atoms with Crippen LogP contribution in [-0.2, 0) is 16.8 Å². The maximum Gasteiger partial charge on any atom is 0.138 e. The number of nitrogens with one attached hydrogen (secondary N) is 1. The largest absolute Gasteiger partial charge is 0.367 e. The molecule has 1 aliphatic carbocycles. The van der Waals surface area contributed by atoms with Crippen LogP contribution in [0.2, 0.25) is 0 Å². The summed E-state index contributed by atoms with van der Waals surface area (Å²) in [6.07, 6.45) is 5.46. The first-order valence-corrected chi connectivity index (χ1v) is 6.18. The van der Waals surface area contributed by atoms with E-state index in [0.29, 0.717) is 0 Å². The van der Waals surface area contributed by atoms with Gasteiger partial charge in [-0.25, -0.2) is 4.98 Å². The Morgan fingerprint density at radius 1 is 1.50 bits per heavy atom. The number of rotatable bonds is 1. The van der Waals surface area contributed by atoms with E-state index in [2.05, 4.69) is 16.9 Å². The van der Waals surface area contributed by atoms with Crippen molar-refractivity contribution in [2.24, 2.45) is 5.73 Å². The molecule has 0 radical (unpaired) electrons. The zero-order valence-electron chi connectivity index (χ0n) is 9.75. The van der Waals surface area contributed by atoms with Crippen molar-refractivity contribution in [2.75, 3.05) is 6.61 Å². The monoisotopic (exact) mass is 221 g/mol. The average Bonchev–Trinajstić information content (AvgIpc) is 2.85. The van der Waals surface area contributed by atoms with E-state index in [9.17, 15) is 0 Å². The Morgan fingerprint density at radius 3 is 3.06 bits per heavy atom. The highest BCUT2D eigenvalue weighted by molar-refractivity contribution is 5.23. The number of aromatic amines is 1. The van der Waals surface area contributed by atoms with E-state index < -0.39 is 0 Å². The number of aromatic nitrogens is 2. The van der Waals surface area contributed by atoms with Gasteiger partial charge < -0.3 is 15.5 Å². The molecular weight excluding hydrogens is 202 g/mol. The molecule has 1 aromatic heterocycles. The van der Waals surface area contributed by atoms with Crippen molar-refractivity contribution in [1.82, 2.24) is 9.97 Å². The Hall–Kier alpha value is -0.870. The van der Waals surface area contributed by atoms with Crippen molar-refractivity contribution < 1.29 is 4.74 Å². The summed E-state index contributed by atoms with van der Waals surface area (Å²) in [6.45, 7) is 2.96. The maximum absolute atomic E-state index is 6.08. The first-order chi connectivity index (χ1) is 7.69. The average molecular weight is 221 g/mol. The van der Waals surface area contributed by atoms with Gasteiger partial charge in [-0.1, -0.05) is 0 Å².